The van der Waals surface area contributed by atoms with Gasteiger partial charge in [-0.2, -0.15) is 0 Å². The fourth-order valence-electron chi connectivity index (χ4n) is 3.44. The number of hydrogen-bond donors (Lipinski definition) is 2. The highest BCUT2D eigenvalue weighted by atomic mass is 16.5. The molecule has 2 N–H and O–H groups in total. The highest BCUT2D eigenvalue weighted by Crippen LogP contribution is 2.40. The molecule has 1 aromatic rings. The fourth-order valence-corrected chi connectivity index (χ4v) is 3.44. The number of piperidine rings is 1. The van der Waals surface area contributed by atoms with E-state index in [9.17, 15) is 9.59 Å². The molecule has 1 aromatic heterocycles. The van der Waals surface area contributed by atoms with Gasteiger partial charge in [-0.3, -0.25) is 4.79 Å². The molecule has 3 rings (SSSR count). The molecule has 8 nitrogen and oxygen atoms in total. The standard InChI is InChI=1S/C16H25N5O3/c1-11(2)19-15(23)20-7-4-16(5-8-20)14-18-6-9-21(14)10-12(24-16)13(22)17-3/h6,9,11-12H,4-5,7-8,10H2,1-3H3,(H,17,22)(H,19,23). The van der Waals surface area contributed by atoms with Gasteiger partial charge in [0.2, 0.25) is 0 Å². The molecule has 3 heterocycles. The molecular formula is C16H25N5O3. The summed E-state index contributed by atoms with van der Waals surface area (Å²) >= 11 is 0. The van der Waals surface area contributed by atoms with Gasteiger partial charge in [0, 0.05) is 51.4 Å². The molecule has 1 unspecified atom stereocenters. The topological polar surface area (TPSA) is 88.5 Å². The Kier molecular flexibility index (Phi) is 4.49. The number of fused-ring (bicyclic) bond motifs is 2. The van der Waals surface area contributed by atoms with Crippen molar-refractivity contribution in [2.75, 3.05) is 20.1 Å². The van der Waals surface area contributed by atoms with Crippen LogP contribution in [0.1, 0.15) is 32.5 Å². The van der Waals surface area contributed by atoms with Crippen molar-refractivity contribution in [3.63, 3.8) is 0 Å². The average Bonchev–Trinajstić information content (AvgIpc) is 3.03. The van der Waals surface area contributed by atoms with E-state index in [0.29, 0.717) is 32.5 Å². The van der Waals surface area contributed by atoms with E-state index in [-0.39, 0.29) is 18.0 Å². The van der Waals surface area contributed by atoms with E-state index in [4.69, 9.17) is 4.74 Å². The zero-order valence-corrected chi connectivity index (χ0v) is 14.4. The Morgan fingerprint density at radius 3 is 2.71 bits per heavy atom. The zero-order chi connectivity index (χ0) is 17.3. The molecular weight excluding hydrogens is 310 g/mol. The van der Waals surface area contributed by atoms with E-state index in [2.05, 4.69) is 15.6 Å². The highest BCUT2D eigenvalue weighted by Gasteiger charge is 2.47. The highest BCUT2D eigenvalue weighted by molar-refractivity contribution is 5.80. The molecule has 0 radical (unpaired) electrons. The molecule has 1 spiro atoms. The molecule has 0 aliphatic carbocycles. The molecule has 2 aliphatic heterocycles. The van der Waals surface area contributed by atoms with Crippen LogP contribution in [0.4, 0.5) is 4.79 Å². The number of urea groups is 1. The first-order valence-corrected chi connectivity index (χ1v) is 8.41. The van der Waals surface area contributed by atoms with Crippen molar-refractivity contribution >= 4 is 11.9 Å². The molecule has 0 bridgehead atoms. The second-order valence-corrected chi connectivity index (χ2v) is 6.71. The summed E-state index contributed by atoms with van der Waals surface area (Å²) in [6.07, 6.45) is 4.34. The van der Waals surface area contributed by atoms with Crippen molar-refractivity contribution in [3.8, 4) is 0 Å². The largest absolute Gasteiger partial charge is 0.357 e. The van der Waals surface area contributed by atoms with Gasteiger partial charge in [0.25, 0.3) is 5.91 Å². The summed E-state index contributed by atoms with van der Waals surface area (Å²) in [6, 6.07) is 0.0534. The number of amides is 3. The van der Waals surface area contributed by atoms with Crippen LogP contribution in [0.5, 0.6) is 0 Å². The zero-order valence-electron chi connectivity index (χ0n) is 14.4. The number of likely N-dealkylation sites (tertiary alicyclic amines) is 1. The van der Waals surface area contributed by atoms with Gasteiger partial charge in [0.05, 0.1) is 6.54 Å². The number of imidazole rings is 1. The summed E-state index contributed by atoms with van der Waals surface area (Å²) in [7, 11) is 1.61. The maximum atomic E-state index is 12.2. The van der Waals surface area contributed by atoms with E-state index in [1.165, 1.54) is 0 Å². The normalized spacial score (nSPS) is 22.3. The Labute approximate surface area is 141 Å². The van der Waals surface area contributed by atoms with Gasteiger partial charge in [0.1, 0.15) is 11.4 Å². The molecule has 3 amide bonds. The molecule has 2 aliphatic rings. The van der Waals surface area contributed by atoms with E-state index < -0.39 is 11.7 Å². The van der Waals surface area contributed by atoms with Gasteiger partial charge < -0.3 is 24.8 Å². The van der Waals surface area contributed by atoms with Crippen molar-refractivity contribution in [2.45, 2.75) is 51.0 Å². The van der Waals surface area contributed by atoms with Gasteiger partial charge >= 0.3 is 6.03 Å². The maximum absolute atomic E-state index is 12.2. The van der Waals surface area contributed by atoms with Crippen molar-refractivity contribution in [2.24, 2.45) is 0 Å². The molecule has 0 saturated carbocycles. The summed E-state index contributed by atoms with van der Waals surface area (Å²) in [6.45, 7) is 5.50. The molecule has 1 atom stereocenters. The lowest BCUT2D eigenvalue weighted by atomic mass is 9.88. The Hall–Kier alpha value is -2.09. The second-order valence-electron chi connectivity index (χ2n) is 6.71. The number of carbonyl (C=O) groups is 2. The Balaban J connectivity index is 1.76. The maximum Gasteiger partial charge on any atom is 0.317 e. The van der Waals surface area contributed by atoms with Crippen molar-refractivity contribution in [3.05, 3.63) is 18.2 Å². The smallest absolute Gasteiger partial charge is 0.317 e. The molecule has 0 aromatic carbocycles. The quantitative estimate of drug-likeness (QED) is 0.821. The van der Waals surface area contributed by atoms with Gasteiger partial charge in [0.15, 0.2) is 6.10 Å². The van der Waals surface area contributed by atoms with Gasteiger partial charge in [-0.15, -0.1) is 0 Å². The number of aromatic nitrogens is 2. The molecule has 1 fully saturated rings. The monoisotopic (exact) mass is 335 g/mol. The van der Waals surface area contributed by atoms with E-state index >= 15 is 0 Å². The molecule has 8 heteroatoms. The number of nitrogens with one attached hydrogen (secondary N) is 2. The minimum Gasteiger partial charge on any atom is -0.357 e. The van der Waals surface area contributed by atoms with Crippen LogP contribution in [0.3, 0.4) is 0 Å². The van der Waals surface area contributed by atoms with Crippen molar-refractivity contribution < 1.29 is 14.3 Å². The number of nitrogens with zero attached hydrogens (tertiary/aromatic N) is 3. The van der Waals surface area contributed by atoms with Crippen LogP contribution in [-0.4, -0.2) is 58.7 Å². The average molecular weight is 335 g/mol. The predicted octanol–water partition coefficient (Wildman–Crippen LogP) is 0.437. The minimum absolute atomic E-state index is 0.0538. The van der Waals surface area contributed by atoms with Crippen LogP contribution < -0.4 is 10.6 Å². The lowest BCUT2D eigenvalue weighted by Gasteiger charge is -2.45. The van der Waals surface area contributed by atoms with Crippen LogP contribution in [0.2, 0.25) is 0 Å². The number of rotatable bonds is 2. The third kappa shape index (κ3) is 2.98. The number of carbonyl (C=O) groups excluding carboxylic acids is 2. The van der Waals surface area contributed by atoms with E-state index in [1.54, 1.807) is 18.1 Å². The summed E-state index contributed by atoms with van der Waals surface area (Å²) in [5.74, 6) is 0.722. The fraction of sp³-hybridized carbons (Fsp3) is 0.688. The number of ether oxygens (including phenoxy) is 1. The first-order valence-electron chi connectivity index (χ1n) is 8.41. The van der Waals surface area contributed by atoms with Crippen LogP contribution in [-0.2, 0) is 21.7 Å². The Morgan fingerprint density at radius 2 is 2.08 bits per heavy atom. The van der Waals surface area contributed by atoms with Crippen LogP contribution >= 0.6 is 0 Å². The van der Waals surface area contributed by atoms with Crippen molar-refractivity contribution in [1.29, 1.82) is 0 Å². The summed E-state index contributed by atoms with van der Waals surface area (Å²) in [5.41, 5.74) is -0.604. The molecule has 132 valence electrons. The summed E-state index contributed by atoms with van der Waals surface area (Å²) < 4.78 is 8.20. The van der Waals surface area contributed by atoms with E-state index in [0.717, 1.165) is 5.82 Å². The van der Waals surface area contributed by atoms with Crippen molar-refractivity contribution in [1.82, 2.24) is 25.1 Å². The molecule has 24 heavy (non-hydrogen) atoms. The predicted molar refractivity (Wildman–Crippen MR) is 87.3 cm³/mol. The number of likely N-dealkylation sites (N-methyl/N-ethyl adjacent to an activating group) is 1. The summed E-state index contributed by atoms with van der Waals surface area (Å²) in [4.78, 5) is 30.5. The Morgan fingerprint density at radius 1 is 1.38 bits per heavy atom. The second kappa shape index (κ2) is 6.43. The van der Waals surface area contributed by atoms with Crippen LogP contribution in [0, 0.1) is 0 Å². The Bertz CT molecular complexity index is 619. The van der Waals surface area contributed by atoms with Gasteiger partial charge in [-0.1, -0.05) is 0 Å². The number of hydrogen-bond acceptors (Lipinski definition) is 4. The van der Waals surface area contributed by atoms with Crippen LogP contribution in [0.15, 0.2) is 12.4 Å². The lowest BCUT2D eigenvalue weighted by Crippen LogP contribution is -2.56. The van der Waals surface area contributed by atoms with Gasteiger partial charge in [-0.25, -0.2) is 9.78 Å². The third-order valence-corrected chi connectivity index (χ3v) is 4.66. The lowest BCUT2D eigenvalue weighted by molar-refractivity contribution is -0.171. The molecule has 1 saturated heterocycles. The van der Waals surface area contributed by atoms with Gasteiger partial charge in [-0.05, 0) is 13.8 Å². The third-order valence-electron chi connectivity index (χ3n) is 4.66. The SMILES string of the molecule is CNC(=O)C1Cn2ccnc2C2(CCN(C(=O)NC(C)C)CC2)O1. The first-order chi connectivity index (χ1) is 11.4. The van der Waals surface area contributed by atoms with E-state index in [1.807, 2.05) is 24.6 Å². The first kappa shape index (κ1) is 16.8. The summed E-state index contributed by atoms with van der Waals surface area (Å²) in [5, 5.41) is 5.57. The van der Waals surface area contributed by atoms with Crippen LogP contribution in [0.25, 0.3) is 0 Å². The minimum atomic E-state index is -0.604.